The molecule has 3 rings (SSSR count). The molecule has 2 aromatic rings. The number of fused-ring (bicyclic) bond motifs is 1. The number of hydrogen-bond acceptors (Lipinski definition) is 4. The number of amides is 2. The Morgan fingerprint density at radius 2 is 2.05 bits per heavy atom. The Balaban J connectivity index is 1.71. The lowest BCUT2D eigenvalue weighted by atomic mass is 10.2. The van der Waals surface area contributed by atoms with Crippen LogP contribution in [0.3, 0.4) is 0 Å². The SMILES string of the molecule is C=C1Nc2ccc(NC(=O)Nc3cc(Cl)ccc3O)cc2O1. The van der Waals surface area contributed by atoms with Gasteiger partial charge in [0.25, 0.3) is 0 Å². The summed E-state index contributed by atoms with van der Waals surface area (Å²) >= 11 is 5.82. The summed E-state index contributed by atoms with van der Waals surface area (Å²) in [5.41, 5.74) is 1.54. The minimum Gasteiger partial charge on any atom is -0.506 e. The van der Waals surface area contributed by atoms with Gasteiger partial charge in [-0.05, 0) is 36.9 Å². The molecule has 0 aliphatic carbocycles. The first-order valence-corrected chi connectivity index (χ1v) is 6.73. The summed E-state index contributed by atoms with van der Waals surface area (Å²) in [6.07, 6.45) is 0. The summed E-state index contributed by atoms with van der Waals surface area (Å²) in [5.74, 6) is 0.936. The smallest absolute Gasteiger partial charge is 0.323 e. The Kier molecular flexibility index (Phi) is 3.52. The number of benzene rings is 2. The Morgan fingerprint density at radius 3 is 2.86 bits per heavy atom. The Labute approximate surface area is 131 Å². The zero-order chi connectivity index (χ0) is 15.7. The largest absolute Gasteiger partial charge is 0.506 e. The first kappa shape index (κ1) is 14.1. The third-order valence-corrected chi connectivity index (χ3v) is 3.19. The lowest BCUT2D eigenvalue weighted by Gasteiger charge is -2.10. The van der Waals surface area contributed by atoms with Crippen LogP contribution in [0.25, 0.3) is 0 Å². The van der Waals surface area contributed by atoms with Gasteiger partial charge in [0.05, 0.1) is 11.4 Å². The first-order valence-electron chi connectivity index (χ1n) is 6.35. The topological polar surface area (TPSA) is 82.6 Å². The van der Waals surface area contributed by atoms with Crippen molar-refractivity contribution in [3.8, 4) is 11.5 Å². The second-order valence-corrected chi connectivity index (χ2v) is 5.04. The van der Waals surface area contributed by atoms with E-state index in [0.29, 0.717) is 22.3 Å². The van der Waals surface area contributed by atoms with Gasteiger partial charge >= 0.3 is 6.03 Å². The number of carbonyl (C=O) groups is 1. The molecule has 1 heterocycles. The van der Waals surface area contributed by atoms with Crippen LogP contribution in [0.5, 0.6) is 11.5 Å². The quantitative estimate of drug-likeness (QED) is 0.632. The predicted octanol–water partition coefficient (Wildman–Crippen LogP) is 3.97. The molecule has 6 nitrogen and oxygen atoms in total. The van der Waals surface area contributed by atoms with E-state index in [0.717, 1.165) is 5.69 Å². The molecule has 22 heavy (non-hydrogen) atoms. The van der Waals surface area contributed by atoms with Crippen molar-refractivity contribution in [1.82, 2.24) is 0 Å². The van der Waals surface area contributed by atoms with E-state index in [1.165, 1.54) is 18.2 Å². The highest BCUT2D eigenvalue weighted by atomic mass is 35.5. The second kappa shape index (κ2) is 5.50. The fourth-order valence-electron chi connectivity index (χ4n) is 1.99. The van der Waals surface area contributed by atoms with Crippen molar-refractivity contribution in [1.29, 1.82) is 0 Å². The van der Waals surface area contributed by atoms with Gasteiger partial charge in [0.1, 0.15) is 5.75 Å². The fraction of sp³-hybridized carbons (Fsp3) is 0. The molecule has 0 aromatic heterocycles. The van der Waals surface area contributed by atoms with Crippen LogP contribution in [-0.2, 0) is 0 Å². The number of phenolic OH excluding ortho intramolecular Hbond substituents is 1. The van der Waals surface area contributed by atoms with Crippen LogP contribution in [0.2, 0.25) is 5.02 Å². The van der Waals surface area contributed by atoms with Crippen LogP contribution in [-0.4, -0.2) is 11.1 Å². The number of halogens is 1. The number of phenols is 1. The maximum absolute atomic E-state index is 12.0. The van der Waals surface area contributed by atoms with E-state index in [9.17, 15) is 9.90 Å². The number of aromatic hydroxyl groups is 1. The van der Waals surface area contributed by atoms with Gasteiger partial charge in [-0.3, -0.25) is 0 Å². The highest BCUT2D eigenvalue weighted by Gasteiger charge is 2.16. The van der Waals surface area contributed by atoms with Crippen molar-refractivity contribution >= 4 is 34.7 Å². The summed E-state index contributed by atoms with van der Waals surface area (Å²) in [6, 6.07) is 9.01. The monoisotopic (exact) mass is 317 g/mol. The van der Waals surface area contributed by atoms with E-state index in [1.54, 1.807) is 18.2 Å². The molecule has 2 aromatic carbocycles. The maximum Gasteiger partial charge on any atom is 0.323 e. The Bertz CT molecular complexity index is 777. The highest BCUT2D eigenvalue weighted by molar-refractivity contribution is 6.31. The van der Waals surface area contributed by atoms with Crippen LogP contribution >= 0.6 is 11.6 Å². The van der Waals surface area contributed by atoms with Crippen LogP contribution < -0.4 is 20.7 Å². The van der Waals surface area contributed by atoms with Crippen LogP contribution in [0.1, 0.15) is 0 Å². The molecule has 0 fully saturated rings. The Hall–Kier alpha value is -2.86. The average Bonchev–Trinajstić information content (AvgIpc) is 2.82. The molecule has 7 heteroatoms. The number of rotatable bonds is 2. The molecule has 0 spiro atoms. The molecule has 2 amide bonds. The number of ether oxygens (including phenoxy) is 1. The zero-order valence-corrected chi connectivity index (χ0v) is 12.1. The van der Waals surface area contributed by atoms with E-state index in [1.807, 2.05) is 0 Å². The standard InChI is InChI=1S/C15H12ClN3O3/c1-8-17-11-4-3-10(7-14(11)22-8)18-15(21)19-12-6-9(16)2-5-13(12)20/h2-7,17,20H,1H2,(H2,18,19,21). The lowest BCUT2D eigenvalue weighted by Crippen LogP contribution is -2.19. The average molecular weight is 318 g/mol. The van der Waals surface area contributed by atoms with Crippen molar-refractivity contribution < 1.29 is 14.6 Å². The van der Waals surface area contributed by atoms with Crippen molar-refractivity contribution in [2.75, 3.05) is 16.0 Å². The molecular formula is C15H12ClN3O3. The number of nitrogens with one attached hydrogen (secondary N) is 3. The minimum atomic E-state index is -0.512. The van der Waals surface area contributed by atoms with E-state index < -0.39 is 6.03 Å². The zero-order valence-electron chi connectivity index (χ0n) is 11.3. The van der Waals surface area contributed by atoms with Crippen molar-refractivity contribution in [3.63, 3.8) is 0 Å². The minimum absolute atomic E-state index is 0.0719. The number of carbonyl (C=O) groups excluding carboxylic acids is 1. The number of hydrogen-bond donors (Lipinski definition) is 4. The highest BCUT2D eigenvalue weighted by Crippen LogP contribution is 2.35. The molecule has 0 bridgehead atoms. The fourth-order valence-corrected chi connectivity index (χ4v) is 2.16. The first-order chi connectivity index (χ1) is 10.5. The number of urea groups is 1. The molecule has 1 aliphatic heterocycles. The predicted molar refractivity (Wildman–Crippen MR) is 85.6 cm³/mol. The van der Waals surface area contributed by atoms with Gasteiger partial charge < -0.3 is 25.8 Å². The molecule has 4 N–H and O–H groups in total. The molecule has 0 radical (unpaired) electrons. The molecule has 112 valence electrons. The summed E-state index contributed by atoms with van der Waals surface area (Å²) < 4.78 is 5.35. The molecule has 0 unspecified atom stereocenters. The molecule has 0 saturated carbocycles. The summed E-state index contributed by atoms with van der Waals surface area (Å²) in [5, 5.41) is 18.2. The van der Waals surface area contributed by atoms with Crippen molar-refractivity contribution in [2.45, 2.75) is 0 Å². The summed E-state index contributed by atoms with van der Waals surface area (Å²) in [6.45, 7) is 3.66. The second-order valence-electron chi connectivity index (χ2n) is 4.60. The van der Waals surface area contributed by atoms with Gasteiger partial charge in [-0.15, -0.1) is 0 Å². The third-order valence-electron chi connectivity index (χ3n) is 2.95. The maximum atomic E-state index is 12.0. The summed E-state index contributed by atoms with van der Waals surface area (Å²) in [4.78, 5) is 12.0. The van der Waals surface area contributed by atoms with Gasteiger partial charge in [0.2, 0.25) is 0 Å². The van der Waals surface area contributed by atoms with Gasteiger partial charge in [-0.2, -0.15) is 0 Å². The molecule has 0 saturated heterocycles. The van der Waals surface area contributed by atoms with Crippen LogP contribution in [0, 0.1) is 0 Å². The van der Waals surface area contributed by atoms with Crippen molar-refractivity contribution in [3.05, 3.63) is 53.9 Å². The van der Waals surface area contributed by atoms with E-state index in [4.69, 9.17) is 16.3 Å². The van der Waals surface area contributed by atoms with Crippen LogP contribution in [0.4, 0.5) is 21.9 Å². The molecular weight excluding hydrogens is 306 g/mol. The third kappa shape index (κ3) is 2.91. The van der Waals surface area contributed by atoms with Gasteiger partial charge in [-0.1, -0.05) is 11.6 Å². The van der Waals surface area contributed by atoms with E-state index >= 15 is 0 Å². The van der Waals surface area contributed by atoms with Crippen LogP contribution in [0.15, 0.2) is 48.9 Å². The lowest BCUT2D eigenvalue weighted by molar-refractivity contribution is 0.262. The summed E-state index contributed by atoms with van der Waals surface area (Å²) in [7, 11) is 0. The van der Waals surface area contributed by atoms with E-state index in [2.05, 4.69) is 22.5 Å². The molecule has 1 aliphatic rings. The van der Waals surface area contributed by atoms with Gasteiger partial charge in [0, 0.05) is 16.8 Å². The molecule has 0 atom stereocenters. The van der Waals surface area contributed by atoms with Gasteiger partial charge in [-0.25, -0.2) is 4.79 Å². The number of anilines is 3. The van der Waals surface area contributed by atoms with Gasteiger partial charge in [0.15, 0.2) is 11.6 Å². The van der Waals surface area contributed by atoms with Crippen molar-refractivity contribution in [2.24, 2.45) is 0 Å². The van der Waals surface area contributed by atoms with E-state index in [-0.39, 0.29) is 11.4 Å². The Morgan fingerprint density at radius 1 is 1.23 bits per heavy atom. The normalized spacial score (nSPS) is 12.1.